The predicted molar refractivity (Wildman–Crippen MR) is 50.7 cm³/mol. The highest BCUT2D eigenvalue weighted by molar-refractivity contribution is 9.11. The maximum Gasteiger partial charge on any atom is 0.265 e. The molecule has 0 aromatic carbocycles. The van der Waals surface area contributed by atoms with E-state index in [1.165, 1.54) is 0 Å². The predicted octanol–water partition coefficient (Wildman–Crippen LogP) is 1.12. The summed E-state index contributed by atoms with van der Waals surface area (Å²) in [6.45, 7) is 0. The van der Waals surface area contributed by atoms with Crippen LogP contribution in [0.15, 0.2) is 10.6 Å². The first-order valence-corrected chi connectivity index (χ1v) is 6.85. The van der Waals surface area contributed by atoms with Crippen molar-refractivity contribution in [3.8, 4) is 0 Å². The summed E-state index contributed by atoms with van der Waals surface area (Å²) >= 11 is 3.36. The number of hydrogen-bond acceptors (Lipinski definition) is 3. The lowest BCUT2D eigenvalue weighted by Gasteiger charge is -2.25. The van der Waals surface area contributed by atoms with Crippen LogP contribution < -0.4 is 0 Å². The highest BCUT2D eigenvalue weighted by Crippen LogP contribution is 2.78. The van der Waals surface area contributed by atoms with E-state index in [9.17, 15) is 8.42 Å². The van der Waals surface area contributed by atoms with Crippen LogP contribution in [0.5, 0.6) is 0 Å². The minimum atomic E-state index is -3.32. The van der Waals surface area contributed by atoms with E-state index >= 15 is 0 Å². The van der Waals surface area contributed by atoms with Crippen LogP contribution >= 0.6 is 15.9 Å². The normalized spacial score (nSPS) is 50.9. The van der Waals surface area contributed by atoms with Crippen LogP contribution in [0.2, 0.25) is 0 Å². The van der Waals surface area contributed by atoms with E-state index < -0.39 is 10.1 Å². The zero-order valence-electron chi connectivity index (χ0n) is 6.98. The number of halogens is 1. The van der Waals surface area contributed by atoms with Gasteiger partial charge in [0.2, 0.25) is 0 Å². The fourth-order valence-corrected chi connectivity index (χ4v) is 3.96. The van der Waals surface area contributed by atoms with Gasteiger partial charge < -0.3 is 0 Å². The molecule has 0 aliphatic heterocycles. The molecule has 0 heterocycles. The van der Waals surface area contributed by atoms with Crippen molar-refractivity contribution in [3.63, 3.8) is 0 Å². The Morgan fingerprint density at radius 2 is 2.00 bits per heavy atom. The summed E-state index contributed by atoms with van der Waals surface area (Å²) in [7, 11) is -3.32. The SMILES string of the molecule is CS(=O)(=O)OC1C(Br)=CC2C3C1C23. The zero-order valence-corrected chi connectivity index (χ0v) is 9.38. The fraction of sp³-hybridized carbons (Fsp3) is 0.750. The topological polar surface area (TPSA) is 43.4 Å². The third-order valence-corrected chi connectivity index (χ3v) is 4.46. The van der Waals surface area contributed by atoms with E-state index in [0.717, 1.165) is 28.5 Å². The zero-order chi connectivity index (χ0) is 9.38. The summed E-state index contributed by atoms with van der Waals surface area (Å²) in [5.74, 6) is 2.65. The quantitative estimate of drug-likeness (QED) is 0.702. The smallest absolute Gasteiger partial charge is 0.261 e. The maximum absolute atomic E-state index is 10.9. The monoisotopic (exact) mass is 264 g/mol. The molecule has 0 N–H and O–H groups in total. The van der Waals surface area contributed by atoms with Gasteiger partial charge in [0.05, 0.1) is 6.26 Å². The van der Waals surface area contributed by atoms with Crippen LogP contribution in [0.1, 0.15) is 0 Å². The molecule has 0 amide bonds. The van der Waals surface area contributed by atoms with Gasteiger partial charge in [-0.1, -0.05) is 22.0 Å². The van der Waals surface area contributed by atoms with Crippen molar-refractivity contribution in [2.75, 3.05) is 6.26 Å². The van der Waals surface area contributed by atoms with Crippen molar-refractivity contribution in [2.45, 2.75) is 6.10 Å². The minimum absolute atomic E-state index is 0.227. The van der Waals surface area contributed by atoms with Crippen LogP contribution in [-0.4, -0.2) is 20.8 Å². The molecule has 0 aromatic heterocycles. The summed E-state index contributed by atoms with van der Waals surface area (Å²) in [5, 5.41) is 0. The third kappa shape index (κ3) is 1.13. The molecule has 5 heteroatoms. The average molecular weight is 265 g/mol. The number of hydrogen-bond donors (Lipinski definition) is 0. The number of rotatable bonds is 2. The second kappa shape index (κ2) is 2.20. The molecule has 4 aliphatic carbocycles. The highest BCUT2D eigenvalue weighted by atomic mass is 79.9. The van der Waals surface area contributed by atoms with Gasteiger partial charge in [-0.2, -0.15) is 8.42 Å². The fourth-order valence-electron chi connectivity index (χ4n) is 2.52. The van der Waals surface area contributed by atoms with Crippen LogP contribution in [0.25, 0.3) is 0 Å². The lowest BCUT2D eigenvalue weighted by atomic mass is 9.93. The highest BCUT2D eigenvalue weighted by Gasteiger charge is 2.77. The molecule has 3 nitrogen and oxygen atoms in total. The molecule has 13 heavy (non-hydrogen) atoms. The second-order valence-corrected chi connectivity index (χ2v) is 6.60. The molecule has 2 bridgehead atoms. The molecule has 0 radical (unpaired) electrons. The summed E-state index contributed by atoms with van der Waals surface area (Å²) in [6, 6.07) is 0. The Morgan fingerprint density at radius 1 is 1.38 bits per heavy atom. The summed E-state index contributed by atoms with van der Waals surface area (Å²) < 4.78 is 27.8. The first kappa shape index (κ1) is 8.44. The van der Waals surface area contributed by atoms with E-state index in [1.54, 1.807) is 0 Å². The van der Waals surface area contributed by atoms with Gasteiger partial charge in [0, 0.05) is 4.48 Å². The van der Waals surface area contributed by atoms with Crippen molar-refractivity contribution in [1.29, 1.82) is 0 Å². The second-order valence-electron chi connectivity index (χ2n) is 4.08. The average Bonchev–Trinajstić information content (AvgIpc) is 2.77. The van der Waals surface area contributed by atoms with Gasteiger partial charge in [-0.25, -0.2) is 0 Å². The van der Waals surface area contributed by atoms with E-state index in [4.69, 9.17) is 4.18 Å². The first-order valence-electron chi connectivity index (χ1n) is 4.24. The molecule has 4 aliphatic rings. The van der Waals surface area contributed by atoms with Gasteiger partial charge in [0.25, 0.3) is 10.1 Å². The molecule has 2 fully saturated rings. The molecule has 4 rings (SSSR count). The largest absolute Gasteiger partial charge is 0.265 e. The van der Waals surface area contributed by atoms with E-state index in [1.807, 2.05) is 0 Å². The Hall–Kier alpha value is 0.130. The molecule has 0 spiro atoms. The van der Waals surface area contributed by atoms with Crippen LogP contribution in [-0.2, 0) is 14.3 Å². The molecule has 0 saturated heterocycles. The van der Waals surface area contributed by atoms with Crippen molar-refractivity contribution in [2.24, 2.45) is 23.7 Å². The molecular weight excluding hydrogens is 256 g/mol. The van der Waals surface area contributed by atoms with E-state index in [2.05, 4.69) is 22.0 Å². The summed E-state index contributed by atoms with van der Waals surface area (Å²) in [5.41, 5.74) is 0. The lowest BCUT2D eigenvalue weighted by Crippen LogP contribution is -2.28. The van der Waals surface area contributed by atoms with E-state index in [-0.39, 0.29) is 6.10 Å². The Balaban J connectivity index is 1.84. The standard InChI is InChI=1S/C8H9BrO3S/c1-13(10,11)12-8-4(9)2-3-5-6(3)7(5)8/h2-3,5-8H,1H3. The van der Waals surface area contributed by atoms with Gasteiger partial charge in [-0.3, -0.25) is 4.18 Å². The summed E-state index contributed by atoms with van der Waals surface area (Å²) in [6.07, 6.45) is 2.98. The molecule has 0 aromatic rings. The van der Waals surface area contributed by atoms with E-state index in [0.29, 0.717) is 5.92 Å². The van der Waals surface area contributed by atoms with Gasteiger partial charge in [0.15, 0.2) is 0 Å². The Morgan fingerprint density at radius 3 is 2.54 bits per heavy atom. The van der Waals surface area contributed by atoms with Crippen molar-refractivity contribution in [1.82, 2.24) is 0 Å². The maximum atomic E-state index is 10.9. The molecule has 2 saturated carbocycles. The van der Waals surface area contributed by atoms with Crippen LogP contribution in [0, 0.1) is 23.7 Å². The van der Waals surface area contributed by atoms with Crippen molar-refractivity contribution >= 4 is 26.0 Å². The van der Waals surface area contributed by atoms with Crippen LogP contribution in [0.4, 0.5) is 0 Å². The Kier molecular flexibility index (Phi) is 1.43. The summed E-state index contributed by atoms with van der Waals surface area (Å²) in [4.78, 5) is 0. The Bertz CT molecular complexity index is 390. The number of allylic oxidation sites excluding steroid dienone is 1. The molecule has 3 unspecified atom stereocenters. The van der Waals surface area contributed by atoms with Gasteiger partial charge in [-0.15, -0.1) is 0 Å². The first-order chi connectivity index (χ1) is 5.99. The van der Waals surface area contributed by atoms with Crippen molar-refractivity contribution in [3.05, 3.63) is 10.6 Å². The Labute approximate surface area is 85.4 Å². The van der Waals surface area contributed by atoms with Gasteiger partial charge in [0.1, 0.15) is 6.10 Å². The van der Waals surface area contributed by atoms with Gasteiger partial charge in [-0.05, 0) is 23.7 Å². The van der Waals surface area contributed by atoms with Crippen molar-refractivity contribution < 1.29 is 12.6 Å². The molecular formula is C8H9BrO3S. The lowest BCUT2D eigenvalue weighted by molar-refractivity contribution is 0.187. The van der Waals surface area contributed by atoms with Crippen LogP contribution in [0.3, 0.4) is 0 Å². The minimum Gasteiger partial charge on any atom is -0.261 e. The molecule has 72 valence electrons. The molecule has 3 atom stereocenters. The van der Waals surface area contributed by atoms with Gasteiger partial charge >= 0.3 is 0 Å². The number of fused-ring (bicyclic) bond motifs is 1. The third-order valence-electron chi connectivity index (χ3n) is 3.19.